The smallest absolute Gasteiger partial charge is 0.305 e. The summed E-state index contributed by atoms with van der Waals surface area (Å²) in [6, 6.07) is 4.10. The molecule has 0 radical (unpaired) electrons. The first-order valence-corrected chi connectivity index (χ1v) is 8.86. The molecular weight excluding hydrogens is 388 g/mol. The third-order valence-electron chi connectivity index (χ3n) is 2.82. The third kappa shape index (κ3) is 6.70. The number of hydrogen-bond acceptors (Lipinski definition) is 4. The lowest BCUT2D eigenvalue weighted by atomic mass is 10.2. The molecule has 0 aliphatic heterocycles. The molecule has 20 heavy (non-hydrogen) atoms. The Morgan fingerprint density at radius 1 is 1.20 bits per heavy atom. The van der Waals surface area contributed by atoms with Gasteiger partial charge < -0.3 is 10.1 Å². The maximum absolute atomic E-state index is 11.0. The quantitative estimate of drug-likeness (QED) is 0.381. The maximum atomic E-state index is 11.0. The van der Waals surface area contributed by atoms with Crippen LogP contribution in [0.25, 0.3) is 0 Å². The fourth-order valence-electron chi connectivity index (χ4n) is 1.79. The number of ether oxygens (including phenoxy) is 1. The highest BCUT2D eigenvalue weighted by atomic mass is 79.9. The zero-order chi connectivity index (χ0) is 14.8. The third-order valence-corrected chi connectivity index (χ3v) is 3.97. The number of nitrogens with zero attached hydrogens (tertiary/aromatic N) is 1. The first kappa shape index (κ1) is 17.4. The number of methoxy groups -OCH3 is 1. The number of anilines is 1. The lowest BCUT2D eigenvalue weighted by Crippen LogP contribution is -2.04. The van der Waals surface area contributed by atoms with Gasteiger partial charge in [0.25, 0.3) is 0 Å². The second kappa shape index (κ2) is 10.2. The lowest BCUT2D eigenvalue weighted by Gasteiger charge is -2.09. The molecule has 0 saturated heterocycles. The Hall–Kier alpha value is -0.620. The molecule has 0 aromatic carbocycles. The average Bonchev–Trinajstić information content (AvgIpc) is 2.49. The number of carbonyl (C=O) groups is 1. The van der Waals surface area contributed by atoms with E-state index < -0.39 is 0 Å². The van der Waals surface area contributed by atoms with Gasteiger partial charge in [0.05, 0.1) is 18.5 Å². The summed E-state index contributed by atoms with van der Waals surface area (Å²) in [6.07, 6.45) is 3.44. The fraction of sp³-hybridized carbons (Fsp3) is 0.571. The summed E-state index contributed by atoms with van der Waals surface area (Å²) >= 11 is 6.86. The number of hydrogen-bond donors (Lipinski definition) is 1. The van der Waals surface area contributed by atoms with Crippen LogP contribution in [0.2, 0.25) is 0 Å². The van der Waals surface area contributed by atoms with Crippen molar-refractivity contribution < 1.29 is 9.53 Å². The minimum Gasteiger partial charge on any atom is -0.469 e. The van der Waals surface area contributed by atoms with E-state index in [-0.39, 0.29) is 5.97 Å². The van der Waals surface area contributed by atoms with Gasteiger partial charge in [0, 0.05) is 29.3 Å². The summed E-state index contributed by atoms with van der Waals surface area (Å²) in [5, 5.41) is 4.90. The van der Waals surface area contributed by atoms with Crippen LogP contribution in [0.4, 0.5) is 5.69 Å². The van der Waals surface area contributed by atoms with Gasteiger partial charge in [-0.1, -0.05) is 38.3 Å². The van der Waals surface area contributed by atoms with E-state index in [1.165, 1.54) is 7.11 Å². The standard InChI is InChI=1S/C14H20Br2N2O2/c1-20-14(19)5-3-2-4-6-17-11-7-12(9-15)18-13(8-11)10-16/h7-8H,2-6,9-10H2,1H3,(H,17,18). The van der Waals surface area contributed by atoms with Crippen LogP contribution in [0.15, 0.2) is 12.1 Å². The number of esters is 1. The van der Waals surface area contributed by atoms with Crippen molar-refractivity contribution in [2.75, 3.05) is 19.0 Å². The molecule has 0 saturated carbocycles. The normalized spacial score (nSPS) is 10.3. The van der Waals surface area contributed by atoms with Gasteiger partial charge in [-0.15, -0.1) is 0 Å². The van der Waals surface area contributed by atoms with Gasteiger partial charge in [0.15, 0.2) is 0 Å². The summed E-state index contributed by atoms with van der Waals surface area (Å²) < 4.78 is 4.61. The van der Waals surface area contributed by atoms with Gasteiger partial charge in [-0.05, 0) is 25.0 Å². The van der Waals surface area contributed by atoms with Gasteiger partial charge in [0.2, 0.25) is 0 Å². The Balaban J connectivity index is 2.29. The summed E-state index contributed by atoms with van der Waals surface area (Å²) in [5.74, 6) is -0.129. The van der Waals surface area contributed by atoms with Crippen LogP contribution < -0.4 is 5.32 Å². The molecule has 0 aliphatic rings. The Bertz CT molecular complexity index is 405. The number of rotatable bonds is 9. The molecule has 1 aromatic rings. The first-order chi connectivity index (χ1) is 9.69. The summed E-state index contributed by atoms with van der Waals surface area (Å²) in [6.45, 7) is 0.897. The van der Waals surface area contributed by atoms with Gasteiger partial charge in [-0.2, -0.15) is 0 Å². The molecule has 0 bridgehead atoms. The lowest BCUT2D eigenvalue weighted by molar-refractivity contribution is -0.140. The zero-order valence-corrected chi connectivity index (χ0v) is 14.8. The summed E-state index contributed by atoms with van der Waals surface area (Å²) in [4.78, 5) is 15.4. The van der Waals surface area contributed by atoms with Crippen LogP contribution in [-0.2, 0) is 20.2 Å². The van der Waals surface area contributed by atoms with Gasteiger partial charge in [-0.25, -0.2) is 0 Å². The van der Waals surface area contributed by atoms with Gasteiger partial charge >= 0.3 is 5.97 Å². The minimum atomic E-state index is -0.129. The van der Waals surface area contributed by atoms with Crippen LogP contribution in [0.3, 0.4) is 0 Å². The van der Waals surface area contributed by atoms with Crippen LogP contribution in [-0.4, -0.2) is 24.6 Å². The van der Waals surface area contributed by atoms with E-state index in [4.69, 9.17) is 0 Å². The number of unbranched alkanes of at least 4 members (excludes halogenated alkanes) is 2. The fourth-order valence-corrected chi connectivity index (χ4v) is 2.37. The molecule has 6 heteroatoms. The van der Waals surface area contributed by atoms with E-state index in [1.807, 2.05) is 0 Å². The van der Waals surface area contributed by atoms with Crippen molar-refractivity contribution in [1.29, 1.82) is 0 Å². The molecule has 0 unspecified atom stereocenters. The average molecular weight is 408 g/mol. The highest BCUT2D eigenvalue weighted by Gasteiger charge is 2.02. The van der Waals surface area contributed by atoms with E-state index >= 15 is 0 Å². The van der Waals surface area contributed by atoms with Crippen LogP contribution in [0, 0.1) is 0 Å². The number of pyridine rings is 1. The topological polar surface area (TPSA) is 51.2 Å². The SMILES string of the molecule is COC(=O)CCCCCNc1cc(CBr)nc(CBr)c1. The van der Waals surface area contributed by atoms with Crippen molar-refractivity contribution in [2.24, 2.45) is 0 Å². The van der Waals surface area contributed by atoms with E-state index in [2.05, 4.69) is 59.0 Å². The van der Waals surface area contributed by atoms with Crippen molar-refractivity contribution in [3.63, 3.8) is 0 Å². The van der Waals surface area contributed by atoms with Gasteiger partial charge in [0.1, 0.15) is 0 Å². The van der Waals surface area contributed by atoms with Crippen molar-refractivity contribution in [3.05, 3.63) is 23.5 Å². The highest BCUT2D eigenvalue weighted by Crippen LogP contribution is 2.16. The number of halogens is 2. The Morgan fingerprint density at radius 2 is 1.85 bits per heavy atom. The summed E-state index contributed by atoms with van der Waals surface area (Å²) in [5.41, 5.74) is 3.14. The van der Waals surface area contributed by atoms with E-state index in [1.54, 1.807) is 0 Å². The first-order valence-electron chi connectivity index (χ1n) is 6.62. The highest BCUT2D eigenvalue weighted by molar-refractivity contribution is 9.08. The van der Waals surface area contributed by atoms with Crippen molar-refractivity contribution in [3.8, 4) is 0 Å². The second-order valence-corrected chi connectivity index (χ2v) is 5.54. The predicted octanol–water partition coefficient (Wildman–Crippen LogP) is 4.02. The molecule has 1 rings (SSSR count). The molecule has 1 heterocycles. The largest absolute Gasteiger partial charge is 0.469 e. The molecule has 4 nitrogen and oxygen atoms in total. The summed E-state index contributed by atoms with van der Waals surface area (Å²) in [7, 11) is 1.43. The van der Waals surface area contributed by atoms with Gasteiger partial charge in [-0.3, -0.25) is 9.78 Å². The van der Waals surface area contributed by atoms with Crippen molar-refractivity contribution in [2.45, 2.75) is 36.3 Å². The Labute approximate surface area is 136 Å². The van der Waals surface area contributed by atoms with Crippen LogP contribution in [0.1, 0.15) is 37.1 Å². The molecule has 0 spiro atoms. The van der Waals surface area contributed by atoms with E-state index in [0.717, 1.165) is 53.5 Å². The monoisotopic (exact) mass is 406 g/mol. The van der Waals surface area contributed by atoms with Crippen LogP contribution in [0.5, 0.6) is 0 Å². The molecule has 1 aromatic heterocycles. The second-order valence-electron chi connectivity index (χ2n) is 4.42. The van der Waals surface area contributed by atoms with Crippen molar-refractivity contribution in [1.82, 2.24) is 4.98 Å². The molecule has 0 fully saturated rings. The molecule has 0 aliphatic carbocycles. The molecule has 0 atom stereocenters. The number of carbonyl (C=O) groups excluding carboxylic acids is 1. The molecular formula is C14H20Br2N2O2. The number of aromatic nitrogens is 1. The Morgan fingerprint density at radius 3 is 2.40 bits per heavy atom. The predicted molar refractivity (Wildman–Crippen MR) is 88.5 cm³/mol. The van der Waals surface area contributed by atoms with E-state index in [9.17, 15) is 4.79 Å². The van der Waals surface area contributed by atoms with Crippen LogP contribution >= 0.6 is 31.9 Å². The maximum Gasteiger partial charge on any atom is 0.305 e. The van der Waals surface area contributed by atoms with E-state index in [0.29, 0.717) is 6.42 Å². The number of nitrogens with one attached hydrogen (secondary N) is 1. The minimum absolute atomic E-state index is 0.129. The molecule has 1 N–H and O–H groups in total. The molecule has 112 valence electrons. The van der Waals surface area contributed by atoms with Crippen molar-refractivity contribution >= 4 is 43.5 Å². The Kier molecular flexibility index (Phi) is 8.85. The number of alkyl halides is 2. The molecule has 0 amide bonds. The zero-order valence-electron chi connectivity index (χ0n) is 11.6.